The second-order valence-corrected chi connectivity index (χ2v) is 8.03. The van der Waals surface area contributed by atoms with Crippen LogP contribution in [0.3, 0.4) is 0 Å². The number of aromatic nitrogens is 2. The summed E-state index contributed by atoms with van der Waals surface area (Å²) in [7, 11) is 0. The third kappa shape index (κ3) is 3.41. The van der Waals surface area contributed by atoms with Crippen molar-refractivity contribution in [1.29, 1.82) is 0 Å². The van der Waals surface area contributed by atoms with Crippen LogP contribution in [0.1, 0.15) is 21.6 Å². The van der Waals surface area contributed by atoms with E-state index in [-0.39, 0.29) is 5.78 Å². The van der Waals surface area contributed by atoms with Crippen molar-refractivity contribution in [2.75, 3.05) is 5.32 Å². The lowest BCUT2D eigenvalue weighted by Crippen LogP contribution is -2.26. The van der Waals surface area contributed by atoms with Crippen LogP contribution in [0.15, 0.2) is 22.1 Å². The van der Waals surface area contributed by atoms with Crippen LogP contribution in [0, 0.1) is 0 Å². The maximum absolute atomic E-state index is 12.2. The van der Waals surface area contributed by atoms with Gasteiger partial charge in [-0.1, -0.05) is 11.6 Å². The van der Waals surface area contributed by atoms with E-state index in [1.165, 1.54) is 11.3 Å². The molecule has 3 heterocycles. The molecule has 3 N–H and O–H groups in total. The third-order valence-electron chi connectivity index (χ3n) is 3.10. The van der Waals surface area contributed by atoms with Gasteiger partial charge in [-0.25, -0.2) is 9.97 Å². The van der Waals surface area contributed by atoms with Crippen LogP contribution < -0.4 is 11.1 Å². The number of halogens is 2. The van der Waals surface area contributed by atoms with E-state index in [1.54, 1.807) is 30.5 Å². The molecule has 1 atom stereocenters. The van der Waals surface area contributed by atoms with Crippen LogP contribution in [0.25, 0.3) is 10.2 Å². The molecular weight excluding hydrogens is 420 g/mol. The van der Waals surface area contributed by atoms with Gasteiger partial charge in [0.05, 0.1) is 37.8 Å². The van der Waals surface area contributed by atoms with Gasteiger partial charge in [0, 0.05) is 17.6 Å². The van der Waals surface area contributed by atoms with Gasteiger partial charge < -0.3 is 11.1 Å². The lowest BCUT2D eigenvalue weighted by atomic mass is 10.2. The van der Waals surface area contributed by atoms with Crippen molar-refractivity contribution >= 4 is 71.9 Å². The second-order valence-electron chi connectivity index (χ2n) is 4.85. The highest BCUT2D eigenvalue weighted by Crippen LogP contribution is 2.40. The molecule has 23 heavy (non-hydrogen) atoms. The van der Waals surface area contributed by atoms with E-state index in [4.69, 9.17) is 17.3 Å². The average molecular weight is 432 g/mol. The monoisotopic (exact) mass is 430 g/mol. The first-order valence-corrected chi connectivity index (χ1v) is 9.54. The van der Waals surface area contributed by atoms with Gasteiger partial charge in [0.1, 0.15) is 10.2 Å². The molecular formula is C14H12BrClN4OS2. The number of anilines is 1. The van der Waals surface area contributed by atoms with E-state index < -0.39 is 6.04 Å². The van der Waals surface area contributed by atoms with Crippen molar-refractivity contribution in [3.8, 4) is 0 Å². The summed E-state index contributed by atoms with van der Waals surface area (Å²) in [6.45, 7) is 2.25. The van der Waals surface area contributed by atoms with Crippen molar-refractivity contribution in [2.45, 2.75) is 19.5 Å². The number of Topliss-reactive ketones (excluding diaryl/α,β-unsaturated/α-hetero) is 1. The molecule has 9 heteroatoms. The van der Waals surface area contributed by atoms with E-state index in [9.17, 15) is 4.79 Å². The van der Waals surface area contributed by atoms with Crippen molar-refractivity contribution in [1.82, 2.24) is 9.97 Å². The van der Waals surface area contributed by atoms with Crippen LogP contribution in [0.2, 0.25) is 5.15 Å². The van der Waals surface area contributed by atoms with Gasteiger partial charge >= 0.3 is 0 Å². The highest BCUT2D eigenvalue weighted by atomic mass is 79.9. The van der Waals surface area contributed by atoms with Gasteiger partial charge in [-0.15, -0.1) is 22.7 Å². The summed E-state index contributed by atoms with van der Waals surface area (Å²) in [6, 6.07) is 1.18. The SMILES string of the molecule is CC(N)C(=O)c1sc2c(NCc3nccs3)cc(Cl)nc2c1Br. The summed E-state index contributed by atoms with van der Waals surface area (Å²) in [5, 5.41) is 6.56. The number of fused-ring (bicyclic) bond motifs is 1. The standard InChI is InChI=1S/C14H12BrClN4OS2/c1-6(17)12(21)14-10(15)11-13(23-14)7(4-8(16)20-11)19-5-9-18-2-3-22-9/h2-4,6H,5,17H2,1H3,(H,19,20). The minimum Gasteiger partial charge on any atom is -0.377 e. The number of thiophene rings is 1. The van der Waals surface area contributed by atoms with E-state index in [1.807, 2.05) is 5.38 Å². The number of carbonyl (C=O) groups excluding carboxylic acids is 1. The molecule has 0 aliphatic heterocycles. The Labute approximate surface area is 154 Å². The number of nitrogens with one attached hydrogen (secondary N) is 1. The van der Waals surface area contributed by atoms with Crippen molar-refractivity contribution in [2.24, 2.45) is 5.73 Å². The number of nitrogens with two attached hydrogens (primary N) is 1. The summed E-state index contributed by atoms with van der Waals surface area (Å²) >= 11 is 12.5. The Hall–Kier alpha value is -1.06. The van der Waals surface area contributed by atoms with E-state index in [0.717, 1.165) is 15.4 Å². The molecule has 5 nitrogen and oxygen atoms in total. The lowest BCUT2D eigenvalue weighted by Gasteiger charge is -2.06. The summed E-state index contributed by atoms with van der Waals surface area (Å²) in [6.07, 6.45) is 1.76. The highest BCUT2D eigenvalue weighted by molar-refractivity contribution is 9.10. The number of pyridine rings is 1. The normalized spacial score (nSPS) is 12.5. The number of carbonyl (C=O) groups is 1. The van der Waals surface area contributed by atoms with Crippen LogP contribution in [-0.2, 0) is 6.54 Å². The quantitative estimate of drug-likeness (QED) is 0.465. The second kappa shape index (κ2) is 6.82. The van der Waals surface area contributed by atoms with E-state index in [2.05, 4.69) is 31.2 Å². The highest BCUT2D eigenvalue weighted by Gasteiger charge is 2.22. The molecule has 0 saturated heterocycles. The fourth-order valence-electron chi connectivity index (χ4n) is 2.02. The molecule has 0 amide bonds. The zero-order chi connectivity index (χ0) is 16.6. The molecule has 0 fully saturated rings. The first-order chi connectivity index (χ1) is 11.0. The van der Waals surface area contributed by atoms with Gasteiger partial charge in [-0.05, 0) is 22.9 Å². The summed E-state index contributed by atoms with van der Waals surface area (Å²) in [5.41, 5.74) is 7.20. The summed E-state index contributed by atoms with van der Waals surface area (Å²) < 4.78 is 1.50. The summed E-state index contributed by atoms with van der Waals surface area (Å²) in [5.74, 6) is -0.123. The maximum Gasteiger partial charge on any atom is 0.190 e. The van der Waals surface area contributed by atoms with Crippen LogP contribution in [0.5, 0.6) is 0 Å². The molecule has 0 saturated carbocycles. The Morgan fingerprint density at radius 3 is 3.00 bits per heavy atom. The molecule has 0 spiro atoms. The predicted molar refractivity (Wildman–Crippen MR) is 99.8 cm³/mol. The number of nitrogens with zero attached hydrogens (tertiary/aromatic N) is 2. The maximum atomic E-state index is 12.2. The number of rotatable bonds is 5. The number of ketones is 1. The smallest absolute Gasteiger partial charge is 0.190 e. The Bertz CT molecular complexity index is 863. The molecule has 0 bridgehead atoms. The number of hydrogen-bond acceptors (Lipinski definition) is 7. The molecule has 1 unspecified atom stereocenters. The Kier molecular flexibility index (Phi) is 4.98. The predicted octanol–water partition coefficient (Wildman–Crippen LogP) is 4.31. The van der Waals surface area contributed by atoms with Gasteiger partial charge in [-0.2, -0.15) is 0 Å². The molecule has 3 aromatic rings. The van der Waals surface area contributed by atoms with E-state index >= 15 is 0 Å². The molecule has 120 valence electrons. The molecule has 0 aliphatic rings. The van der Waals surface area contributed by atoms with Gasteiger partial charge in [0.15, 0.2) is 5.78 Å². The van der Waals surface area contributed by atoms with Crippen LogP contribution in [0.4, 0.5) is 5.69 Å². The van der Waals surface area contributed by atoms with Crippen molar-refractivity contribution in [3.63, 3.8) is 0 Å². The first kappa shape index (κ1) is 16.8. The largest absolute Gasteiger partial charge is 0.377 e. The minimum absolute atomic E-state index is 0.123. The van der Waals surface area contributed by atoms with Gasteiger partial charge in [0.2, 0.25) is 0 Å². The number of hydrogen-bond donors (Lipinski definition) is 2. The van der Waals surface area contributed by atoms with Gasteiger partial charge in [0.25, 0.3) is 0 Å². The van der Waals surface area contributed by atoms with Crippen LogP contribution in [-0.4, -0.2) is 21.8 Å². The Morgan fingerprint density at radius 1 is 1.57 bits per heavy atom. The topological polar surface area (TPSA) is 80.9 Å². The van der Waals surface area contributed by atoms with Crippen LogP contribution >= 0.6 is 50.2 Å². The number of thiazole rings is 1. The lowest BCUT2D eigenvalue weighted by molar-refractivity contribution is 0.0971. The molecule has 0 radical (unpaired) electrons. The minimum atomic E-state index is -0.568. The molecule has 0 aromatic carbocycles. The fraction of sp³-hybridized carbons (Fsp3) is 0.214. The zero-order valence-corrected chi connectivity index (χ0v) is 15.9. The van der Waals surface area contributed by atoms with Crippen molar-refractivity contribution in [3.05, 3.63) is 37.2 Å². The zero-order valence-electron chi connectivity index (χ0n) is 12.0. The average Bonchev–Trinajstić information content (AvgIpc) is 3.13. The van der Waals surface area contributed by atoms with Gasteiger partial charge in [-0.3, -0.25) is 4.79 Å². The first-order valence-electron chi connectivity index (χ1n) is 6.68. The Morgan fingerprint density at radius 2 is 2.35 bits per heavy atom. The third-order valence-corrected chi connectivity index (χ3v) is 6.34. The molecule has 3 aromatic heterocycles. The molecule has 3 rings (SSSR count). The molecule has 0 aliphatic carbocycles. The van der Waals surface area contributed by atoms with Crippen molar-refractivity contribution < 1.29 is 4.79 Å². The Balaban J connectivity index is 2.03. The summed E-state index contributed by atoms with van der Waals surface area (Å²) in [4.78, 5) is 21.4. The fourth-order valence-corrected chi connectivity index (χ4v) is 4.78. The van der Waals surface area contributed by atoms with E-state index in [0.29, 0.717) is 26.6 Å².